The summed E-state index contributed by atoms with van der Waals surface area (Å²) in [6.07, 6.45) is 6.18. The number of rotatable bonds is 3. The van der Waals surface area contributed by atoms with Crippen LogP contribution < -0.4 is 5.32 Å². The molecule has 2 heterocycles. The lowest BCUT2D eigenvalue weighted by molar-refractivity contribution is -0.154. The Bertz CT molecular complexity index is 179. The molecule has 3 heteroatoms. The zero-order chi connectivity index (χ0) is 10.6. The van der Waals surface area contributed by atoms with Gasteiger partial charge < -0.3 is 14.8 Å². The van der Waals surface area contributed by atoms with Gasteiger partial charge in [0.15, 0.2) is 0 Å². The van der Waals surface area contributed by atoms with Gasteiger partial charge in [-0.2, -0.15) is 0 Å². The van der Waals surface area contributed by atoms with E-state index in [1.807, 2.05) is 0 Å². The van der Waals surface area contributed by atoms with E-state index >= 15 is 0 Å². The van der Waals surface area contributed by atoms with Gasteiger partial charge in [0, 0.05) is 13.7 Å². The van der Waals surface area contributed by atoms with Crippen molar-refractivity contribution in [2.75, 3.05) is 33.4 Å². The maximum atomic E-state index is 6.09. The van der Waals surface area contributed by atoms with Crippen molar-refractivity contribution in [1.29, 1.82) is 0 Å². The van der Waals surface area contributed by atoms with Gasteiger partial charge >= 0.3 is 0 Å². The van der Waals surface area contributed by atoms with Crippen LogP contribution in [0.3, 0.4) is 0 Å². The van der Waals surface area contributed by atoms with Crippen LogP contribution in [0.5, 0.6) is 0 Å². The van der Waals surface area contributed by atoms with E-state index in [0.717, 1.165) is 26.3 Å². The molecule has 2 rings (SSSR count). The van der Waals surface area contributed by atoms with Gasteiger partial charge in [0.1, 0.15) is 0 Å². The lowest BCUT2D eigenvalue weighted by atomic mass is 9.77. The van der Waals surface area contributed by atoms with Gasteiger partial charge in [-0.25, -0.2) is 0 Å². The Kier molecular flexibility index (Phi) is 4.00. The van der Waals surface area contributed by atoms with Crippen molar-refractivity contribution in [2.24, 2.45) is 5.92 Å². The molecule has 2 saturated heterocycles. The largest absolute Gasteiger partial charge is 0.382 e. The minimum atomic E-state index is 0.0368. The molecule has 0 aliphatic carbocycles. The van der Waals surface area contributed by atoms with Gasteiger partial charge in [-0.1, -0.05) is 0 Å². The highest BCUT2D eigenvalue weighted by Gasteiger charge is 2.41. The number of ether oxygens (including phenoxy) is 2. The molecule has 0 amide bonds. The topological polar surface area (TPSA) is 30.5 Å². The Morgan fingerprint density at radius 1 is 1.33 bits per heavy atom. The Balaban J connectivity index is 2.01. The summed E-state index contributed by atoms with van der Waals surface area (Å²) >= 11 is 0. The minimum absolute atomic E-state index is 0.0368. The van der Waals surface area contributed by atoms with Crippen LogP contribution in [-0.2, 0) is 9.47 Å². The molecular weight excluding hydrogens is 190 g/mol. The normalized spacial score (nSPS) is 34.2. The maximum absolute atomic E-state index is 6.09. The smallest absolute Gasteiger partial charge is 0.0943 e. The fourth-order valence-electron chi connectivity index (χ4n) is 3.02. The van der Waals surface area contributed by atoms with Crippen LogP contribution in [0.4, 0.5) is 0 Å². The molecule has 1 atom stereocenters. The number of methoxy groups -OCH3 is 1. The predicted molar refractivity (Wildman–Crippen MR) is 60.0 cm³/mol. The highest BCUT2D eigenvalue weighted by molar-refractivity contribution is 4.92. The summed E-state index contributed by atoms with van der Waals surface area (Å²) < 4.78 is 11.5. The molecule has 88 valence electrons. The molecule has 3 nitrogen and oxygen atoms in total. The van der Waals surface area contributed by atoms with E-state index in [4.69, 9.17) is 9.47 Å². The van der Waals surface area contributed by atoms with Crippen LogP contribution in [0.1, 0.15) is 32.1 Å². The van der Waals surface area contributed by atoms with E-state index in [9.17, 15) is 0 Å². The third-order valence-electron chi connectivity index (χ3n) is 3.86. The van der Waals surface area contributed by atoms with Crippen LogP contribution in [-0.4, -0.2) is 39.0 Å². The van der Waals surface area contributed by atoms with E-state index in [1.165, 1.54) is 32.1 Å². The van der Waals surface area contributed by atoms with Gasteiger partial charge in [0.05, 0.1) is 12.2 Å². The van der Waals surface area contributed by atoms with Crippen molar-refractivity contribution in [3.8, 4) is 0 Å². The van der Waals surface area contributed by atoms with Gasteiger partial charge in [0.25, 0.3) is 0 Å². The van der Waals surface area contributed by atoms with Gasteiger partial charge in [-0.15, -0.1) is 0 Å². The van der Waals surface area contributed by atoms with Crippen molar-refractivity contribution < 1.29 is 9.47 Å². The molecule has 0 aromatic carbocycles. The van der Waals surface area contributed by atoms with E-state index < -0.39 is 0 Å². The third-order valence-corrected chi connectivity index (χ3v) is 3.86. The zero-order valence-electron chi connectivity index (χ0n) is 9.76. The quantitative estimate of drug-likeness (QED) is 0.772. The second kappa shape index (κ2) is 5.28. The molecule has 0 bridgehead atoms. The lowest BCUT2D eigenvalue weighted by Crippen LogP contribution is -2.50. The van der Waals surface area contributed by atoms with Crippen LogP contribution in [0, 0.1) is 5.92 Å². The molecule has 2 aliphatic rings. The van der Waals surface area contributed by atoms with Crippen LogP contribution in [0.2, 0.25) is 0 Å². The summed E-state index contributed by atoms with van der Waals surface area (Å²) in [4.78, 5) is 0. The summed E-state index contributed by atoms with van der Waals surface area (Å²) in [7, 11) is 1.79. The zero-order valence-corrected chi connectivity index (χ0v) is 9.76. The van der Waals surface area contributed by atoms with Crippen molar-refractivity contribution in [2.45, 2.75) is 37.7 Å². The first kappa shape index (κ1) is 11.4. The van der Waals surface area contributed by atoms with Gasteiger partial charge in [-0.05, 0) is 51.1 Å². The molecule has 2 aliphatic heterocycles. The first-order valence-corrected chi connectivity index (χ1v) is 6.21. The summed E-state index contributed by atoms with van der Waals surface area (Å²) in [5, 5.41) is 3.42. The SMILES string of the molecule is COCC1(C2CCNCC2)CCCCO1. The maximum Gasteiger partial charge on any atom is 0.0943 e. The first-order valence-electron chi connectivity index (χ1n) is 6.21. The molecule has 1 N–H and O–H groups in total. The Labute approximate surface area is 92.5 Å². The third kappa shape index (κ3) is 2.52. The van der Waals surface area contributed by atoms with Crippen molar-refractivity contribution in [3.05, 3.63) is 0 Å². The van der Waals surface area contributed by atoms with Crippen LogP contribution >= 0.6 is 0 Å². The molecule has 0 aromatic heterocycles. The summed E-state index contributed by atoms with van der Waals surface area (Å²) in [5.74, 6) is 0.694. The van der Waals surface area contributed by atoms with Crippen LogP contribution in [0.25, 0.3) is 0 Å². The van der Waals surface area contributed by atoms with Gasteiger partial charge in [-0.3, -0.25) is 0 Å². The second-order valence-corrected chi connectivity index (χ2v) is 4.83. The lowest BCUT2D eigenvalue weighted by Gasteiger charge is -2.44. The molecule has 0 spiro atoms. The average molecular weight is 213 g/mol. The molecule has 15 heavy (non-hydrogen) atoms. The number of piperidine rings is 1. The molecule has 0 saturated carbocycles. The number of hydrogen-bond acceptors (Lipinski definition) is 3. The first-order chi connectivity index (χ1) is 7.37. The highest BCUT2D eigenvalue weighted by Crippen LogP contribution is 2.37. The van der Waals surface area contributed by atoms with Crippen molar-refractivity contribution in [1.82, 2.24) is 5.32 Å². The van der Waals surface area contributed by atoms with Crippen molar-refractivity contribution >= 4 is 0 Å². The number of nitrogens with one attached hydrogen (secondary N) is 1. The van der Waals surface area contributed by atoms with E-state index in [0.29, 0.717) is 5.92 Å². The highest BCUT2D eigenvalue weighted by atomic mass is 16.5. The van der Waals surface area contributed by atoms with E-state index in [-0.39, 0.29) is 5.60 Å². The Hall–Kier alpha value is -0.120. The average Bonchev–Trinajstić information content (AvgIpc) is 2.32. The Morgan fingerprint density at radius 3 is 2.73 bits per heavy atom. The molecule has 1 unspecified atom stereocenters. The van der Waals surface area contributed by atoms with E-state index in [2.05, 4.69) is 5.32 Å². The van der Waals surface area contributed by atoms with E-state index in [1.54, 1.807) is 7.11 Å². The molecule has 2 fully saturated rings. The second-order valence-electron chi connectivity index (χ2n) is 4.83. The standard InChI is InChI=1S/C12H23NO2/c1-14-10-12(6-2-3-9-15-12)11-4-7-13-8-5-11/h11,13H,2-10H2,1H3. The summed E-state index contributed by atoms with van der Waals surface area (Å²) in [5.41, 5.74) is 0.0368. The summed E-state index contributed by atoms with van der Waals surface area (Å²) in [6, 6.07) is 0. The fraction of sp³-hybridized carbons (Fsp3) is 1.00. The monoisotopic (exact) mass is 213 g/mol. The molecule has 0 radical (unpaired) electrons. The molecular formula is C12H23NO2. The Morgan fingerprint density at radius 2 is 2.13 bits per heavy atom. The van der Waals surface area contributed by atoms with Gasteiger partial charge in [0.2, 0.25) is 0 Å². The number of hydrogen-bond donors (Lipinski definition) is 1. The predicted octanol–water partition coefficient (Wildman–Crippen LogP) is 1.57. The summed E-state index contributed by atoms with van der Waals surface area (Å²) in [6.45, 7) is 3.98. The van der Waals surface area contributed by atoms with Crippen molar-refractivity contribution in [3.63, 3.8) is 0 Å². The van der Waals surface area contributed by atoms with Crippen LogP contribution in [0.15, 0.2) is 0 Å². The fourth-order valence-corrected chi connectivity index (χ4v) is 3.02. The molecule has 0 aromatic rings. The minimum Gasteiger partial charge on any atom is -0.382 e.